The minimum atomic E-state index is -3.75. The van der Waals surface area contributed by atoms with Crippen molar-refractivity contribution >= 4 is 21.8 Å². The maximum atomic E-state index is 12.8. The Morgan fingerprint density at radius 3 is 2.15 bits per heavy atom. The molecule has 0 atom stereocenters. The summed E-state index contributed by atoms with van der Waals surface area (Å²) in [5, 5.41) is 0. The van der Waals surface area contributed by atoms with Crippen molar-refractivity contribution in [3.63, 3.8) is 0 Å². The molecule has 1 aromatic carbocycles. The SMILES string of the molecule is Cc1ccc(C(=O)N2CCN(S(=O)(=O)c3cc(C(N)=O)n(C)c3)CC2)cc1. The molecule has 9 heteroatoms. The number of carbonyl (C=O) groups excluding carboxylic acids is 2. The van der Waals surface area contributed by atoms with Crippen LogP contribution in [0.15, 0.2) is 41.4 Å². The van der Waals surface area contributed by atoms with Gasteiger partial charge in [0.1, 0.15) is 10.6 Å². The third-order valence-electron chi connectivity index (χ3n) is 4.69. The highest BCUT2D eigenvalue weighted by Gasteiger charge is 2.31. The molecule has 1 aromatic heterocycles. The molecule has 0 spiro atoms. The highest BCUT2D eigenvalue weighted by atomic mass is 32.2. The molecule has 27 heavy (non-hydrogen) atoms. The van der Waals surface area contributed by atoms with Crippen molar-refractivity contribution in [2.75, 3.05) is 26.2 Å². The van der Waals surface area contributed by atoms with E-state index in [2.05, 4.69) is 0 Å². The second kappa shape index (κ2) is 7.16. The van der Waals surface area contributed by atoms with E-state index in [4.69, 9.17) is 5.73 Å². The third-order valence-corrected chi connectivity index (χ3v) is 6.56. The summed E-state index contributed by atoms with van der Waals surface area (Å²) in [7, 11) is -2.18. The number of sulfonamides is 1. The van der Waals surface area contributed by atoms with E-state index < -0.39 is 15.9 Å². The van der Waals surface area contributed by atoms with Gasteiger partial charge in [-0.3, -0.25) is 9.59 Å². The van der Waals surface area contributed by atoms with Gasteiger partial charge >= 0.3 is 0 Å². The molecule has 0 radical (unpaired) electrons. The Morgan fingerprint density at radius 2 is 1.63 bits per heavy atom. The zero-order chi connectivity index (χ0) is 19.8. The van der Waals surface area contributed by atoms with E-state index in [1.54, 1.807) is 24.1 Å². The van der Waals surface area contributed by atoms with Gasteiger partial charge in [-0.25, -0.2) is 8.42 Å². The van der Waals surface area contributed by atoms with Gasteiger partial charge in [0, 0.05) is 45.0 Å². The van der Waals surface area contributed by atoms with Gasteiger partial charge < -0.3 is 15.2 Å². The van der Waals surface area contributed by atoms with Gasteiger partial charge in [-0.05, 0) is 25.1 Å². The van der Waals surface area contributed by atoms with E-state index >= 15 is 0 Å². The van der Waals surface area contributed by atoms with Gasteiger partial charge in [-0.1, -0.05) is 17.7 Å². The van der Waals surface area contributed by atoms with E-state index in [9.17, 15) is 18.0 Å². The zero-order valence-corrected chi connectivity index (χ0v) is 16.1. The summed E-state index contributed by atoms with van der Waals surface area (Å²) in [6.45, 7) is 2.95. The molecular weight excluding hydrogens is 368 g/mol. The number of nitrogens with two attached hydrogens (primary N) is 1. The van der Waals surface area contributed by atoms with Crippen molar-refractivity contribution in [1.29, 1.82) is 0 Å². The van der Waals surface area contributed by atoms with Gasteiger partial charge in [0.2, 0.25) is 10.0 Å². The first-order valence-corrected chi connectivity index (χ1v) is 9.96. The molecule has 1 fully saturated rings. The highest BCUT2D eigenvalue weighted by molar-refractivity contribution is 7.89. The minimum Gasteiger partial charge on any atom is -0.364 e. The van der Waals surface area contributed by atoms with Gasteiger partial charge in [-0.2, -0.15) is 4.31 Å². The standard InChI is InChI=1S/C18H22N4O4S/c1-13-3-5-14(6-4-13)18(24)21-7-9-22(10-8-21)27(25,26)15-11-16(17(19)23)20(2)12-15/h3-6,11-12H,7-10H2,1-2H3,(H2,19,23). The van der Waals surface area contributed by atoms with Crippen molar-refractivity contribution < 1.29 is 18.0 Å². The average Bonchev–Trinajstić information content (AvgIpc) is 3.05. The smallest absolute Gasteiger partial charge is 0.265 e. The van der Waals surface area contributed by atoms with Crippen LogP contribution in [-0.2, 0) is 17.1 Å². The van der Waals surface area contributed by atoms with Crippen molar-refractivity contribution in [1.82, 2.24) is 13.8 Å². The number of aryl methyl sites for hydroxylation is 2. The van der Waals surface area contributed by atoms with Crippen molar-refractivity contribution in [3.8, 4) is 0 Å². The molecular formula is C18H22N4O4S. The predicted molar refractivity (Wildman–Crippen MR) is 99.8 cm³/mol. The summed E-state index contributed by atoms with van der Waals surface area (Å²) >= 11 is 0. The fourth-order valence-electron chi connectivity index (χ4n) is 3.08. The fourth-order valence-corrected chi connectivity index (χ4v) is 4.57. The number of nitrogens with zero attached hydrogens (tertiary/aromatic N) is 3. The second-order valence-electron chi connectivity index (χ2n) is 6.60. The number of rotatable bonds is 4. The number of amides is 2. The Bertz CT molecular complexity index is 971. The van der Waals surface area contributed by atoms with Gasteiger partial charge in [0.25, 0.3) is 11.8 Å². The summed E-state index contributed by atoms with van der Waals surface area (Å²) in [5.41, 5.74) is 7.04. The first kappa shape index (κ1) is 19.1. The molecule has 0 bridgehead atoms. The molecule has 2 amide bonds. The van der Waals surface area contributed by atoms with E-state index in [0.717, 1.165) is 5.56 Å². The minimum absolute atomic E-state index is 0.0251. The molecule has 2 heterocycles. The molecule has 1 aliphatic heterocycles. The summed E-state index contributed by atoms with van der Waals surface area (Å²) in [6, 6.07) is 8.58. The molecule has 2 aromatic rings. The molecule has 2 N–H and O–H groups in total. The Morgan fingerprint density at radius 1 is 1.04 bits per heavy atom. The second-order valence-corrected chi connectivity index (χ2v) is 8.54. The zero-order valence-electron chi connectivity index (χ0n) is 15.3. The topological polar surface area (TPSA) is 106 Å². The van der Waals surface area contributed by atoms with Crippen molar-refractivity contribution in [3.05, 3.63) is 53.3 Å². The summed E-state index contributed by atoms with van der Waals surface area (Å²) in [6.07, 6.45) is 1.37. The normalized spacial score (nSPS) is 15.7. The van der Waals surface area contributed by atoms with Crippen LogP contribution < -0.4 is 5.73 Å². The van der Waals surface area contributed by atoms with E-state index in [0.29, 0.717) is 18.7 Å². The number of aromatic nitrogens is 1. The monoisotopic (exact) mass is 390 g/mol. The first-order valence-electron chi connectivity index (χ1n) is 8.52. The predicted octanol–water partition coefficient (Wildman–Crippen LogP) is 0.579. The molecule has 0 saturated carbocycles. The summed E-state index contributed by atoms with van der Waals surface area (Å²) in [4.78, 5) is 25.6. The third kappa shape index (κ3) is 3.74. The van der Waals surface area contributed by atoms with Crippen LogP contribution in [0.25, 0.3) is 0 Å². The van der Waals surface area contributed by atoms with Crippen LogP contribution >= 0.6 is 0 Å². The Kier molecular flexibility index (Phi) is 5.07. The number of hydrogen-bond donors (Lipinski definition) is 1. The van der Waals surface area contributed by atoms with E-state index in [1.807, 2.05) is 19.1 Å². The fraction of sp³-hybridized carbons (Fsp3) is 0.333. The summed E-state index contributed by atoms with van der Waals surface area (Å²) < 4.78 is 28.4. The van der Waals surface area contributed by atoms with E-state index in [-0.39, 0.29) is 29.6 Å². The quantitative estimate of drug-likeness (QED) is 0.824. The Balaban J connectivity index is 1.71. The lowest BCUT2D eigenvalue weighted by atomic mass is 10.1. The van der Waals surface area contributed by atoms with Crippen LogP contribution in [0.1, 0.15) is 26.4 Å². The molecule has 8 nitrogen and oxygen atoms in total. The Labute approximate surface area is 158 Å². The lowest BCUT2D eigenvalue weighted by Crippen LogP contribution is -2.50. The molecule has 1 saturated heterocycles. The Hall–Kier alpha value is -2.65. The lowest BCUT2D eigenvalue weighted by Gasteiger charge is -2.33. The summed E-state index contributed by atoms with van der Waals surface area (Å²) in [5.74, 6) is -0.796. The first-order chi connectivity index (χ1) is 12.7. The van der Waals surface area contributed by atoms with Crippen LogP contribution in [-0.4, -0.2) is 60.2 Å². The van der Waals surface area contributed by atoms with Gasteiger partial charge in [0.05, 0.1) is 0 Å². The van der Waals surface area contributed by atoms with Crippen LogP contribution in [0.4, 0.5) is 0 Å². The van der Waals surface area contributed by atoms with Crippen molar-refractivity contribution in [2.24, 2.45) is 12.8 Å². The number of benzene rings is 1. The van der Waals surface area contributed by atoms with Crippen LogP contribution in [0.3, 0.4) is 0 Å². The van der Waals surface area contributed by atoms with Gasteiger partial charge in [0.15, 0.2) is 0 Å². The largest absolute Gasteiger partial charge is 0.364 e. The molecule has 3 rings (SSSR count). The van der Waals surface area contributed by atoms with Crippen molar-refractivity contribution in [2.45, 2.75) is 11.8 Å². The highest BCUT2D eigenvalue weighted by Crippen LogP contribution is 2.20. The molecule has 0 aliphatic carbocycles. The van der Waals surface area contributed by atoms with Crippen LogP contribution in [0.5, 0.6) is 0 Å². The number of piperazine rings is 1. The van der Waals surface area contributed by atoms with Crippen LogP contribution in [0, 0.1) is 6.92 Å². The lowest BCUT2D eigenvalue weighted by molar-refractivity contribution is 0.0697. The number of carbonyl (C=O) groups is 2. The maximum absolute atomic E-state index is 12.8. The van der Waals surface area contributed by atoms with Gasteiger partial charge in [-0.15, -0.1) is 0 Å². The molecule has 0 unspecified atom stereocenters. The van der Waals surface area contributed by atoms with E-state index in [1.165, 1.54) is 21.1 Å². The van der Waals surface area contributed by atoms with Crippen LogP contribution in [0.2, 0.25) is 0 Å². The number of hydrogen-bond acceptors (Lipinski definition) is 4. The molecule has 1 aliphatic rings. The number of primary amides is 1. The average molecular weight is 390 g/mol. The molecule has 144 valence electrons. The maximum Gasteiger partial charge on any atom is 0.265 e.